The van der Waals surface area contributed by atoms with Gasteiger partial charge in [-0.3, -0.25) is 0 Å². The number of rotatable bonds is 3. The summed E-state index contributed by atoms with van der Waals surface area (Å²) in [6, 6.07) is 0.466. The van der Waals surface area contributed by atoms with Crippen molar-refractivity contribution in [3.63, 3.8) is 0 Å². The minimum absolute atomic E-state index is 0.466. The Kier molecular flexibility index (Phi) is 3.45. The molecule has 62 valence electrons. The van der Waals surface area contributed by atoms with E-state index in [-0.39, 0.29) is 0 Å². The monoisotopic (exact) mass is 151 g/mol. The van der Waals surface area contributed by atoms with Crippen molar-refractivity contribution in [1.82, 2.24) is 0 Å². The molecule has 11 heavy (non-hydrogen) atoms. The summed E-state index contributed by atoms with van der Waals surface area (Å²) < 4.78 is 0. The molecule has 0 aromatic heterocycles. The van der Waals surface area contributed by atoms with Gasteiger partial charge in [0.05, 0.1) is 0 Å². The zero-order chi connectivity index (χ0) is 8.10. The van der Waals surface area contributed by atoms with Gasteiger partial charge in [-0.2, -0.15) is 0 Å². The van der Waals surface area contributed by atoms with E-state index in [0.29, 0.717) is 6.04 Å². The van der Waals surface area contributed by atoms with Crippen LogP contribution in [0.4, 0.5) is 0 Å². The highest BCUT2D eigenvalue weighted by atomic mass is 14.7. The van der Waals surface area contributed by atoms with Gasteiger partial charge in [0.2, 0.25) is 0 Å². The minimum Gasteiger partial charge on any atom is -0.327 e. The summed E-state index contributed by atoms with van der Waals surface area (Å²) in [4.78, 5) is 0. The lowest BCUT2D eigenvalue weighted by atomic mass is 9.97. The van der Waals surface area contributed by atoms with Crippen molar-refractivity contribution in [1.29, 1.82) is 0 Å². The molecular weight excluding hydrogens is 134 g/mol. The number of nitrogens with two attached hydrogens (primary N) is 1. The third kappa shape index (κ3) is 2.55. The standard InChI is InChI=1S/C10H17N/c1-2-3-4-6-9-7-5-8-10(9)11/h1,9-10H,3-8,11H2. The molecule has 0 radical (unpaired) electrons. The minimum atomic E-state index is 0.466. The van der Waals surface area contributed by atoms with E-state index in [1.54, 1.807) is 0 Å². The van der Waals surface area contributed by atoms with E-state index >= 15 is 0 Å². The molecule has 1 fully saturated rings. The maximum atomic E-state index is 5.91. The van der Waals surface area contributed by atoms with Crippen molar-refractivity contribution < 1.29 is 0 Å². The number of hydrogen-bond donors (Lipinski definition) is 1. The molecule has 0 aromatic carbocycles. The van der Waals surface area contributed by atoms with E-state index in [2.05, 4.69) is 5.92 Å². The van der Waals surface area contributed by atoms with Gasteiger partial charge in [-0.1, -0.05) is 6.42 Å². The van der Waals surface area contributed by atoms with Crippen LogP contribution in [0.3, 0.4) is 0 Å². The van der Waals surface area contributed by atoms with Crippen molar-refractivity contribution in [2.75, 3.05) is 0 Å². The molecule has 2 atom stereocenters. The fourth-order valence-corrected chi connectivity index (χ4v) is 1.89. The molecule has 2 N–H and O–H groups in total. The lowest BCUT2D eigenvalue weighted by Crippen LogP contribution is -2.24. The van der Waals surface area contributed by atoms with Gasteiger partial charge in [-0.15, -0.1) is 12.3 Å². The summed E-state index contributed by atoms with van der Waals surface area (Å²) in [6.07, 6.45) is 12.4. The van der Waals surface area contributed by atoms with Crippen LogP contribution in [-0.4, -0.2) is 6.04 Å². The average Bonchev–Trinajstić information content (AvgIpc) is 2.37. The van der Waals surface area contributed by atoms with Crippen LogP contribution < -0.4 is 5.73 Å². The molecule has 1 aliphatic rings. The molecule has 1 aliphatic carbocycles. The second-order valence-electron chi connectivity index (χ2n) is 3.45. The Labute approximate surface area is 69.4 Å². The molecule has 0 aliphatic heterocycles. The first-order valence-corrected chi connectivity index (χ1v) is 4.53. The fraction of sp³-hybridized carbons (Fsp3) is 0.800. The van der Waals surface area contributed by atoms with E-state index in [0.717, 1.165) is 18.8 Å². The van der Waals surface area contributed by atoms with Gasteiger partial charge in [-0.25, -0.2) is 0 Å². The molecule has 0 spiro atoms. The van der Waals surface area contributed by atoms with Crippen LogP contribution in [0.15, 0.2) is 0 Å². The van der Waals surface area contributed by atoms with Crippen LogP contribution in [0.1, 0.15) is 38.5 Å². The second-order valence-corrected chi connectivity index (χ2v) is 3.45. The lowest BCUT2D eigenvalue weighted by Gasteiger charge is -2.13. The first-order chi connectivity index (χ1) is 5.34. The van der Waals surface area contributed by atoms with Crippen molar-refractivity contribution in [3.05, 3.63) is 0 Å². The molecule has 0 aromatic rings. The van der Waals surface area contributed by atoms with Gasteiger partial charge in [0.1, 0.15) is 0 Å². The number of unbranched alkanes of at least 4 members (excludes halogenated alkanes) is 1. The predicted octanol–water partition coefficient (Wildman–Crippen LogP) is 1.92. The van der Waals surface area contributed by atoms with E-state index in [1.807, 2.05) is 0 Å². The van der Waals surface area contributed by atoms with Gasteiger partial charge in [0.15, 0.2) is 0 Å². The molecule has 0 saturated heterocycles. The maximum absolute atomic E-state index is 5.91. The SMILES string of the molecule is C#CCCCC1CCCC1N. The third-order valence-corrected chi connectivity index (χ3v) is 2.61. The normalized spacial score (nSPS) is 30.2. The Balaban J connectivity index is 2.11. The highest BCUT2D eigenvalue weighted by molar-refractivity contribution is 4.85. The number of terminal acetylenes is 1. The smallest absolute Gasteiger partial charge is 0.00861 e. The Bertz CT molecular complexity index is 145. The fourth-order valence-electron chi connectivity index (χ4n) is 1.89. The molecule has 0 bridgehead atoms. The lowest BCUT2D eigenvalue weighted by molar-refractivity contribution is 0.436. The van der Waals surface area contributed by atoms with E-state index < -0.39 is 0 Å². The quantitative estimate of drug-likeness (QED) is 0.484. The Morgan fingerprint density at radius 2 is 2.27 bits per heavy atom. The van der Waals surface area contributed by atoms with Crippen molar-refractivity contribution in [2.24, 2.45) is 11.7 Å². The summed E-state index contributed by atoms with van der Waals surface area (Å²) in [7, 11) is 0. The number of hydrogen-bond acceptors (Lipinski definition) is 1. The average molecular weight is 151 g/mol. The van der Waals surface area contributed by atoms with Crippen LogP contribution >= 0.6 is 0 Å². The first kappa shape index (κ1) is 8.62. The van der Waals surface area contributed by atoms with Gasteiger partial charge >= 0.3 is 0 Å². The van der Waals surface area contributed by atoms with Crippen LogP contribution in [0.5, 0.6) is 0 Å². The summed E-state index contributed by atoms with van der Waals surface area (Å²) in [5.74, 6) is 3.43. The second kappa shape index (κ2) is 4.41. The van der Waals surface area contributed by atoms with Crippen LogP contribution in [0.25, 0.3) is 0 Å². The van der Waals surface area contributed by atoms with E-state index in [4.69, 9.17) is 12.2 Å². The van der Waals surface area contributed by atoms with Crippen LogP contribution in [-0.2, 0) is 0 Å². The molecule has 2 unspecified atom stereocenters. The molecule has 1 saturated carbocycles. The molecular formula is C10H17N. The molecule has 1 nitrogen and oxygen atoms in total. The zero-order valence-corrected chi connectivity index (χ0v) is 7.05. The van der Waals surface area contributed by atoms with Gasteiger partial charge in [0.25, 0.3) is 0 Å². The highest BCUT2D eigenvalue weighted by Crippen LogP contribution is 2.27. The summed E-state index contributed by atoms with van der Waals surface area (Å²) in [5.41, 5.74) is 5.91. The summed E-state index contributed by atoms with van der Waals surface area (Å²) in [5, 5.41) is 0. The Hall–Kier alpha value is -0.480. The summed E-state index contributed by atoms with van der Waals surface area (Å²) >= 11 is 0. The van der Waals surface area contributed by atoms with E-state index in [9.17, 15) is 0 Å². The van der Waals surface area contributed by atoms with E-state index in [1.165, 1.54) is 25.7 Å². The maximum Gasteiger partial charge on any atom is 0.00861 e. The van der Waals surface area contributed by atoms with Gasteiger partial charge in [0, 0.05) is 12.5 Å². The summed E-state index contributed by atoms with van der Waals surface area (Å²) in [6.45, 7) is 0. The molecule has 1 rings (SSSR count). The van der Waals surface area contributed by atoms with Crippen molar-refractivity contribution in [2.45, 2.75) is 44.6 Å². The van der Waals surface area contributed by atoms with Crippen molar-refractivity contribution >= 4 is 0 Å². The third-order valence-electron chi connectivity index (χ3n) is 2.61. The Morgan fingerprint density at radius 3 is 2.82 bits per heavy atom. The topological polar surface area (TPSA) is 26.0 Å². The van der Waals surface area contributed by atoms with Crippen LogP contribution in [0, 0.1) is 18.3 Å². The van der Waals surface area contributed by atoms with Crippen molar-refractivity contribution in [3.8, 4) is 12.3 Å². The first-order valence-electron chi connectivity index (χ1n) is 4.53. The largest absolute Gasteiger partial charge is 0.327 e. The predicted molar refractivity (Wildman–Crippen MR) is 48.0 cm³/mol. The van der Waals surface area contributed by atoms with Crippen LogP contribution in [0.2, 0.25) is 0 Å². The molecule has 1 heteroatoms. The molecule has 0 amide bonds. The molecule has 0 heterocycles. The van der Waals surface area contributed by atoms with Gasteiger partial charge < -0.3 is 5.73 Å². The van der Waals surface area contributed by atoms with Gasteiger partial charge in [-0.05, 0) is 31.6 Å². The highest BCUT2D eigenvalue weighted by Gasteiger charge is 2.22. The zero-order valence-electron chi connectivity index (χ0n) is 7.05. The Morgan fingerprint density at radius 1 is 1.45 bits per heavy atom.